The standard InChI is InChI=1S/C17H35N/c1-5-12-18-17(9-7-8-14(3)4)16-11-10-15(6-2)13-16/h14-18H,5-13H2,1-4H3. The fraction of sp³-hybridized carbons (Fsp3) is 1.00. The van der Waals surface area contributed by atoms with E-state index >= 15 is 0 Å². The van der Waals surface area contributed by atoms with Crippen molar-refractivity contribution >= 4 is 0 Å². The van der Waals surface area contributed by atoms with E-state index in [1.807, 2.05) is 0 Å². The van der Waals surface area contributed by atoms with Crippen LogP contribution in [-0.2, 0) is 0 Å². The third-order valence-corrected chi connectivity index (χ3v) is 4.68. The molecule has 0 aromatic rings. The second-order valence-electron chi connectivity index (χ2n) is 6.73. The predicted octanol–water partition coefficient (Wildman–Crippen LogP) is 5.01. The highest BCUT2D eigenvalue weighted by atomic mass is 14.9. The lowest BCUT2D eigenvalue weighted by molar-refractivity contribution is 0.316. The largest absolute Gasteiger partial charge is 0.314 e. The van der Waals surface area contributed by atoms with Gasteiger partial charge < -0.3 is 5.32 Å². The molecule has 1 rings (SSSR count). The molecule has 1 aliphatic carbocycles. The number of hydrogen-bond acceptors (Lipinski definition) is 1. The Hall–Kier alpha value is -0.0400. The summed E-state index contributed by atoms with van der Waals surface area (Å²) >= 11 is 0. The predicted molar refractivity (Wildman–Crippen MR) is 81.9 cm³/mol. The van der Waals surface area contributed by atoms with Crippen LogP contribution in [-0.4, -0.2) is 12.6 Å². The van der Waals surface area contributed by atoms with Crippen LogP contribution in [0.5, 0.6) is 0 Å². The molecule has 0 aromatic carbocycles. The minimum Gasteiger partial charge on any atom is -0.314 e. The van der Waals surface area contributed by atoms with Gasteiger partial charge in [-0.15, -0.1) is 0 Å². The SMILES string of the molecule is CCCNC(CCCC(C)C)C1CCC(CC)C1. The smallest absolute Gasteiger partial charge is 0.00954 e. The monoisotopic (exact) mass is 253 g/mol. The Kier molecular flexibility index (Phi) is 7.97. The summed E-state index contributed by atoms with van der Waals surface area (Å²) in [5.74, 6) is 2.85. The summed E-state index contributed by atoms with van der Waals surface area (Å²) in [4.78, 5) is 0. The van der Waals surface area contributed by atoms with Crippen LogP contribution in [0.4, 0.5) is 0 Å². The summed E-state index contributed by atoms with van der Waals surface area (Å²) in [6, 6.07) is 0.806. The molecule has 0 saturated heterocycles. The van der Waals surface area contributed by atoms with Crippen molar-refractivity contribution < 1.29 is 0 Å². The summed E-state index contributed by atoms with van der Waals surface area (Å²) < 4.78 is 0. The first-order valence-corrected chi connectivity index (χ1v) is 8.40. The van der Waals surface area contributed by atoms with E-state index in [1.54, 1.807) is 0 Å². The average molecular weight is 253 g/mol. The average Bonchev–Trinajstić information content (AvgIpc) is 2.81. The lowest BCUT2D eigenvalue weighted by Crippen LogP contribution is -2.35. The molecule has 0 heterocycles. The third kappa shape index (κ3) is 5.73. The van der Waals surface area contributed by atoms with Crippen LogP contribution in [0.2, 0.25) is 0 Å². The molecule has 1 aliphatic rings. The topological polar surface area (TPSA) is 12.0 Å². The van der Waals surface area contributed by atoms with Crippen molar-refractivity contribution in [3.05, 3.63) is 0 Å². The molecule has 3 unspecified atom stereocenters. The van der Waals surface area contributed by atoms with Crippen molar-refractivity contribution in [3.63, 3.8) is 0 Å². The Balaban J connectivity index is 2.34. The molecule has 0 bridgehead atoms. The Bertz CT molecular complexity index is 200. The van der Waals surface area contributed by atoms with Crippen molar-refractivity contribution in [2.75, 3.05) is 6.54 Å². The molecule has 1 nitrogen and oxygen atoms in total. The van der Waals surface area contributed by atoms with Crippen molar-refractivity contribution in [1.82, 2.24) is 5.32 Å². The first kappa shape index (κ1) is 16.0. The zero-order valence-corrected chi connectivity index (χ0v) is 13.2. The van der Waals surface area contributed by atoms with E-state index in [0.717, 1.165) is 23.8 Å². The van der Waals surface area contributed by atoms with E-state index in [9.17, 15) is 0 Å². The summed E-state index contributed by atoms with van der Waals surface area (Å²) in [7, 11) is 0. The molecule has 0 aliphatic heterocycles. The zero-order chi connectivity index (χ0) is 13.4. The maximum Gasteiger partial charge on any atom is 0.00954 e. The van der Waals surface area contributed by atoms with Gasteiger partial charge in [0.1, 0.15) is 0 Å². The molecule has 0 amide bonds. The molecule has 108 valence electrons. The van der Waals surface area contributed by atoms with Crippen LogP contribution >= 0.6 is 0 Å². The molecule has 18 heavy (non-hydrogen) atoms. The van der Waals surface area contributed by atoms with Crippen LogP contribution < -0.4 is 5.32 Å². The van der Waals surface area contributed by atoms with Crippen molar-refractivity contribution in [2.45, 2.75) is 85.1 Å². The Labute approximate surface area is 115 Å². The van der Waals surface area contributed by atoms with E-state index in [0.29, 0.717) is 0 Å². The first-order chi connectivity index (χ1) is 8.67. The quantitative estimate of drug-likeness (QED) is 0.609. The fourth-order valence-corrected chi connectivity index (χ4v) is 3.43. The van der Waals surface area contributed by atoms with Crippen molar-refractivity contribution in [2.24, 2.45) is 17.8 Å². The molecule has 0 radical (unpaired) electrons. The van der Waals surface area contributed by atoms with Gasteiger partial charge in [-0.1, -0.05) is 53.4 Å². The molecular formula is C17H35N. The molecule has 1 fully saturated rings. The summed E-state index contributed by atoms with van der Waals surface area (Å²) in [6.45, 7) is 10.5. The van der Waals surface area contributed by atoms with Crippen LogP contribution in [0.3, 0.4) is 0 Å². The van der Waals surface area contributed by atoms with Crippen molar-refractivity contribution in [1.29, 1.82) is 0 Å². The zero-order valence-electron chi connectivity index (χ0n) is 13.2. The Morgan fingerprint density at radius 1 is 1.11 bits per heavy atom. The minimum atomic E-state index is 0.806. The fourth-order valence-electron chi connectivity index (χ4n) is 3.43. The van der Waals surface area contributed by atoms with Gasteiger partial charge >= 0.3 is 0 Å². The van der Waals surface area contributed by atoms with E-state index in [2.05, 4.69) is 33.0 Å². The lowest BCUT2D eigenvalue weighted by Gasteiger charge is -2.25. The van der Waals surface area contributed by atoms with Crippen LogP contribution in [0.1, 0.15) is 79.1 Å². The summed E-state index contributed by atoms with van der Waals surface area (Å²) in [6.07, 6.45) is 11.3. The number of hydrogen-bond donors (Lipinski definition) is 1. The van der Waals surface area contributed by atoms with E-state index in [4.69, 9.17) is 0 Å². The highest BCUT2D eigenvalue weighted by Gasteiger charge is 2.29. The Morgan fingerprint density at radius 3 is 2.44 bits per heavy atom. The van der Waals surface area contributed by atoms with Gasteiger partial charge in [0.15, 0.2) is 0 Å². The van der Waals surface area contributed by atoms with Gasteiger partial charge in [0, 0.05) is 6.04 Å². The lowest BCUT2D eigenvalue weighted by atomic mass is 9.91. The molecule has 3 atom stereocenters. The molecular weight excluding hydrogens is 218 g/mol. The maximum atomic E-state index is 3.83. The van der Waals surface area contributed by atoms with Gasteiger partial charge in [0.05, 0.1) is 0 Å². The Morgan fingerprint density at radius 2 is 1.89 bits per heavy atom. The van der Waals surface area contributed by atoms with Crippen LogP contribution in [0.25, 0.3) is 0 Å². The van der Waals surface area contributed by atoms with Gasteiger partial charge in [-0.3, -0.25) is 0 Å². The maximum absolute atomic E-state index is 3.83. The minimum absolute atomic E-state index is 0.806. The second kappa shape index (κ2) is 8.96. The third-order valence-electron chi connectivity index (χ3n) is 4.68. The van der Waals surface area contributed by atoms with Crippen LogP contribution in [0.15, 0.2) is 0 Å². The highest BCUT2D eigenvalue weighted by Crippen LogP contribution is 2.36. The van der Waals surface area contributed by atoms with Crippen molar-refractivity contribution in [3.8, 4) is 0 Å². The molecule has 1 saturated carbocycles. The van der Waals surface area contributed by atoms with Crippen LogP contribution in [0, 0.1) is 17.8 Å². The van der Waals surface area contributed by atoms with Gasteiger partial charge in [0.2, 0.25) is 0 Å². The van der Waals surface area contributed by atoms with Gasteiger partial charge in [-0.05, 0) is 50.0 Å². The van der Waals surface area contributed by atoms with Gasteiger partial charge in [-0.2, -0.15) is 0 Å². The molecule has 1 heteroatoms. The molecule has 1 N–H and O–H groups in total. The molecule has 0 spiro atoms. The molecule has 0 aromatic heterocycles. The van der Waals surface area contributed by atoms with E-state index < -0.39 is 0 Å². The van der Waals surface area contributed by atoms with Gasteiger partial charge in [0.25, 0.3) is 0 Å². The normalized spacial score (nSPS) is 25.8. The summed E-state index contributed by atoms with van der Waals surface area (Å²) in [5, 5.41) is 3.83. The number of rotatable bonds is 9. The van der Waals surface area contributed by atoms with E-state index in [-0.39, 0.29) is 0 Å². The highest BCUT2D eigenvalue weighted by molar-refractivity contribution is 4.84. The van der Waals surface area contributed by atoms with E-state index in [1.165, 1.54) is 57.9 Å². The summed E-state index contributed by atoms with van der Waals surface area (Å²) in [5.41, 5.74) is 0. The first-order valence-electron chi connectivity index (χ1n) is 8.40. The van der Waals surface area contributed by atoms with Gasteiger partial charge in [-0.25, -0.2) is 0 Å². The second-order valence-corrected chi connectivity index (χ2v) is 6.73. The number of nitrogens with one attached hydrogen (secondary N) is 1.